The molecule has 0 aliphatic carbocycles. The smallest absolute Gasteiger partial charge is 0.306 e. The third-order valence-electron chi connectivity index (χ3n) is 14.7. The van der Waals surface area contributed by atoms with Crippen LogP contribution in [0, 0.1) is 0 Å². The van der Waals surface area contributed by atoms with E-state index in [0.29, 0.717) is 13.0 Å². The maximum atomic E-state index is 12.9. The van der Waals surface area contributed by atoms with Crippen LogP contribution in [-0.4, -0.2) is 89.6 Å². The molecule has 0 spiro atoms. The third-order valence-corrected chi connectivity index (χ3v) is 14.7. The van der Waals surface area contributed by atoms with E-state index in [4.69, 9.17) is 18.9 Å². The molecule has 4 N–H and O–H groups in total. The zero-order valence-electron chi connectivity index (χ0n) is 46.3. The summed E-state index contributed by atoms with van der Waals surface area (Å²) in [4.78, 5) is 12.9. The quantitative estimate of drug-likeness (QED) is 0.0267. The Labute approximate surface area is 433 Å². The van der Waals surface area contributed by atoms with Gasteiger partial charge in [-0.05, 0) is 38.5 Å². The van der Waals surface area contributed by atoms with Gasteiger partial charge in [0.2, 0.25) is 0 Å². The Hall–Kier alpha value is -1.07. The van der Waals surface area contributed by atoms with E-state index < -0.39 is 43.4 Å². The summed E-state index contributed by atoms with van der Waals surface area (Å²) in [6.07, 6.45) is 57.0. The van der Waals surface area contributed by atoms with Gasteiger partial charge in [0.15, 0.2) is 6.29 Å². The lowest BCUT2D eigenvalue weighted by molar-refractivity contribution is -0.305. The molecular weight excluding hydrogens is 877 g/mol. The number of aliphatic hydroxyl groups is 4. The average molecular weight is 996 g/mol. The van der Waals surface area contributed by atoms with Crippen molar-refractivity contribution in [2.45, 2.75) is 346 Å². The molecule has 6 atom stereocenters. The van der Waals surface area contributed by atoms with Crippen molar-refractivity contribution in [2.24, 2.45) is 0 Å². The van der Waals surface area contributed by atoms with Crippen LogP contribution in [-0.2, 0) is 23.7 Å². The summed E-state index contributed by atoms with van der Waals surface area (Å²) in [6.45, 7) is 4.64. The fourth-order valence-corrected chi connectivity index (χ4v) is 9.90. The summed E-state index contributed by atoms with van der Waals surface area (Å²) in [7, 11) is 0. The van der Waals surface area contributed by atoms with Gasteiger partial charge in [0, 0.05) is 13.0 Å². The predicted octanol–water partition coefficient (Wildman–Crippen LogP) is 16.3. The number of rotatable bonds is 55. The predicted molar refractivity (Wildman–Crippen MR) is 293 cm³/mol. The van der Waals surface area contributed by atoms with E-state index in [1.807, 2.05) is 0 Å². The van der Waals surface area contributed by atoms with Gasteiger partial charge in [-0.3, -0.25) is 4.79 Å². The molecule has 9 heteroatoms. The minimum atomic E-state index is -1.53. The minimum Gasteiger partial charge on any atom is -0.457 e. The van der Waals surface area contributed by atoms with Gasteiger partial charge in [-0.25, -0.2) is 0 Å². The normalized spacial score (nSPS) is 18.9. The maximum Gasteiger partial charge on any atom is 0.306 e. The van der Waals surface area contributed by atoms with E-state index in [-0.39, 0.29) is 19.2 Å². The van der Waals surface area contributed by atoms with Crippen LogP contribution in [0.5, 0.6) is 0 Å². The zero-order valence-corrected chi connectivity index (χ0v) is 46.3. The standard InChI is InChI=1S/C61H118O9/c1-3-5-7-9-11-13-15-17-19-21-23-25-27-28-29-30-32-34-36-38-40-42-44-46-48-50-57(63)69-55(54-68-61-60(66)59(65)58(64)56(52-62)70-61)53-67-51-49-47-45-43-41-39-37-35-33-31-26-24-22-20-18-16-14-12-10-8-6-4-2/h21,23,55-56,58-62,64-66H,3-20,22,24-54H2,1-2H3/b23-21-. The molecule has 416 valence electrons. The van der Waals surface area contributed by atoms with Crippen molar-refractivity contribution in [1.29, 1.82) is 0 Å². The lowest BCUT2D eigenvalue weighted by Gasteiger charge is -2.39. The van der Waals surface area contributed by atoms with Crippen LogP contribution < -0.4 is 0 Å². The van der Waals surface area contributed by atoms with Crippen molar-refractivity contribution in [2.75, 3.05) is 26.4 Å². The van der Waals surface area contributed by atoms with E-state index in [2.05, 4.69) is 26.0 Å². The van der Waals surface area contributed by atoms with Gasteiger partial charge in [-0.2, -0.15) is 0 Å². The summed E-state index contributed by atoms with van der Waals surface area (Å²) in [5.74, 6) is -0.305. The highest BCUT2D eigenvalue weighted by Gasteiger charge is 2.44. The van der Waals surface area contributed by atoms with Crippen molar-refractivity contribution in [3.05, 3.63) is 12.2 Å². The molecule has 9 nitrogen and oxygen atoms in total. The Morgan fingerprint density at radius 1 is 0.443 bits per heavy atom. The molecule has 1 saturated heterocycles. The molecule has 1 rings (SSSR count). The largest absolute Gasteiger partial charge is 0.457 e. The van der Waals surface area contributed by atoms with E-state index in [1.165, 1.54) is 257 Å². The molecular formula is C61H118O9. The Bertz CT molecular complexity index is 1090. The lowest BCUT2D eigenvalue weighted by atomic mass is 9.99. The van der Waals surface area contributed by atoms with Gasteiger partial charge in [-0.15, -0.1) is 0 Å². The van der Waals surface area contributed by atoms with Crippen molar-refractivity contribution >= 4 is 5.97 Å². The third kappa shape index (κ3) is 42.3. The van der Waals surface area contributed by atoms with Gasteiger partial charge in [-0.1, -0.05) is 276 Å². The monoisotopic (exact) mass is 995 g/mol. The molecule has 0 saturated carbocycles. The molecule has 0 radical (unpaired) electrons. The first-order chi connectivity index (χ1) is 34.4. The van der Waals surface area contributed by atoms with Crippen LogP contribution in [0.15, 0.2) is 12.2 Å². The van der Waals surface area contributed by atoms with Crippen LogP contribution in [0.2, 0.25) is 0 Å². The number of unbranched alkanes of at least 4 members (excludes halogenated alkanes) is 42. The minimum absolute atomic E-state index is 0.106. The second-order valence-electron chi connectivity index (χ2n) is 21.5. The summed E-state index contributed by atoms with van der Waals surface area (Å²) in [6, 6.07) is 0. The highest BCUT2D eigenvalue weighted by atomic mass is 16.7. The summed E-state index contributed by atoms with van der Waals surface area (Å²) < 4.78 is 23.0. The van der Waals surface area contributed by atoms with Crippen LogP contribution in [0.4, 0.5) is 0 Å². The van der Waals surface area contributed by atoms with Gasteiger partial charge in [0.25, 0.3) is 0 Å². The van der Waals surface area contributed by atoms with Crippen LogP contribution in [0.1, 0.15) is 309 Å². The molecule has 0 aromatic carbocycles. The van der Waals surface area contributed by atoms with E-state index >= 15 is 0 Å². The second-order valence-corrected chi connectivity index (χ2v) is 21.5. The number of hydrogen-bond acceptors (Lipinski definition) is 9. The van der Waals surface area contributed by atoms with Gasteiger partial charge >= 0.3 is 5.97 Å². The second kappa shape index (κ2) is 52.8. The van der Waals surface area contributed by atoms with E-state index in [0.717, 1.165) is 32.1 Å². The van der Waals surface area contributed by atoms with Crippen molar-refractivity contribution in [3.63, 3.8) is 0 Å². The Balaban J connectivity index is 2.11. The molecule has 6 unspecified atom stereocenters. The topological polar surface area (TPSA) is 135 Å². The Morgan fingerprint density at radius 3 is 1.16 bits per heavy atom. The molecule has 1 aliphatic rings. The first-order valence-corrected chi connectivity index (χ1v) is 30.8. The van der Waals surface area contributed by atoms with Crippen LogP contribution >= 0.6 is 0 Å². The first-order valence-electron chi connectivity index (χ1n) is 30.8. The summed E-state index contributed by atoms with van der Waals surface area (Å²) in [5, 5.41) is 40.4. The number of allylic oxidation sites excluding steroid dienone is 2. The Morgan fingerprint density at radius 2 is 0.786 bits per heavy atom. The maximum absolute atomic E-state index is 12.9. The number of hydrogen-bond donors (Lipinski definition) is 4. The van der Waals surface area contributed by atoms with Crippen molar-refractivity contribution in [1.82, 2.24) is 0 Å². The average Bonchev–Trinajstić information content (AvgIpc) is 3.36. The van der Waals surface area contributed by atoms with Crippen molar-refractivity contribution in [3.8, 4) is 0 Å². The molecule has 0 aromatic heterocycles. The fraction of sp³-hybridized carbons (Fsp3) is 0.951. The molecule has 1 heterocycles. The zero-order chi connectivity index (χ0) is 50.6. The van der Waals surface area contributed by atoms with Crippen LogP contribution in [0.3, 0.4) is 0 Å². The molecule has 70 heavy (non-hydrogen) atoms. The Kier molecular flexibility index (Phi) is 50.5. The highest BCUT2D eigenvalue weighted by Crippen LogP contribution is 2.23. The molecule has 1 aliphatic heterocycles. The number of carbonyl (C=O) groups excluding carboxylic acids is 1. The number of carbonyl (C=O) groups is 1. The summed E-state index contributed by atoms with van der Waals surface area (Å²) >= 11 is 0. The van der Waals surface area contributed by atoms with Gasteiger partial charge in [0.05, 0.1) is 19.8 Å². The first kappa shape index (κ1) is 66.9. The molecule has 1 fully saturated rings. The number of ether oxygens (including phenoxy) is 4. The van der Waals surface area contributed by atoms with E-state index in [9.17, 15) is 25.2 Å². The molecule has 0 bridgehead atoms. The molecule has 0 amide bonds. The van der Waals surface area contributed by atoms with Crippen molar-refractivity contribution < 1.29 is 44.2 Å². The van der Waals surface area contributed by atoms with Crippen LogP contribution in [0.25, 0.3) is 0 Å². The van der Waals surface area contributed by atoms with E-state index in [1.54, 1.807) is 0 Å². The number of aliphatic hydroxyl groups excluding tert-OH is 4. The molecule has 0 aromatic rings. The number of esters is 1. The van der Waals surface area contributed by atoms with Gasteiger partial charge < -0.3 is 39.4 Å². The summed E-state index contributed by atoms with van der Waals surface area (Å²) in [5.41, 5.74) is 0. The lowest BCUT2D eigenvalue weighted by Crippen LogP contribution is -2.59. The highest BCUT2D eigenvalue weighted by molar-refractivity contribution is 5.69. The fourth-order valence-electron chi connectivity index (χ4n) is 9.90. The van der Waals surface area contributed by atoms with Gasteiger partial charge in [0.1, 0.15) is 30.5 Å². The SMILES string of the molecule is CCCCCCCCCC/C=C\CCCCCCCCCCCCCCCC(=O)OC(COCCCCCCCCCCCCCCCCCCCCCCCC)COC1OC(CO)C(O)C(O)C1O.